The van der Waals surface area contributed by atoms with E-state index in [9.17, 15) is 14.7 Å². The Morgan fingerprint density at radius 2 is 1.79 bits per heavy atom. The highest BCUT2D eigenvalue weighted by Gasteiger charge is 2.13. The second-order valence-corrected chi connectivity index (χ2v) is 6.31. The number of anilines is 1. The Bertz CT molecular complexity index is 1180. The van der Waals surface area contributed by atoms with E-state index >= 15 is 0 Å². The van der Waals surface area contributed by atoms with Crippen LogP contribution in [0.15, 0.2) is 67.1 Å². The van der Waals surface area contributed by atoms with Crippen LogP contribution in [-0.4, -0.2) is 31.9 Å². The molecule has 144 valence electrons. The van der Waals surface area contributed by atoms with E-state index in [4.69, 9.17) is 0 Å². The first-order valence-corrected chi connectivity index (χ1v) is 8.86. The standard InChI is InChI=1S/C21H17N5O3/c27-17-5-2-10-22-19(17)21(29)26-14-8-6-13(7-9-14)11-23-20(28)15-3-1-4-16-18(15)25-12-24-16/h1-10,12,27H,11H2,(H,23,28)(H,24,25)(H,26,29). The minimum atomic E-state index is -0.503. The molecule has 0 fully saturated rings. The third-order valence-electron chi connectivity index (χ3n) is 4.36. The summed E-state index contributed by atoms with van der Waals surface area (Å²) >= 11 is 0. The van der Waals surface area contributed by atoms with Gasteiger partial charge in [0.05, 0.1) is 17.4 Å². The van der Waals surface area contributed by atoms with E-state index in [1.165, 1.54) is 12.3 Å². The predicted octanol–water partition coefficient (Wildman–Crippen LogP) is 2.85. The summed E-state index contributed by atoms with van der Waals surface area (Å²) < 4.78 is 0. The van der Waals surface area contributed by atoms with Crippen LogP contribution in [0.3, 0.4) is 0 Å². The van der Waals surface area contributed by atoms with E-state index in [1.54, 1.807) is 48.8 Å². The first-order chi connectivity index (χ1) is 14.1. The maximum absolute atomic E-state index is 12.5. The number of hydrogen-bond donors (Lipinski definition) is 4. The molecule has 0 bridgehead atoms. The number of aromatic amines is 1. The van der Waals surface area contributed by atoms with Crippen molar-refractivity contribution in [1.82, 2.24) is 20.3 Å². The molecular formula is C21H17N5O3. The van der Waals surface area contributed by atoms with Gasteiger partial charge in [0.1, 0.15) is 11.3 Å². The molecule has 2 aromatic heterocycles. The summed E-state index contributed by atoms with van der Waals surface area (Å²) in [7, 11) is 0. The quantitative estimate of drug-likeness (QED) is 0.420. The van der Waals surface area contributed by atoms with Gasteiger partial charge in [0.2, 0.25) is 0 Å². The molecule has 0 aliphatic heterocycles. The van der Waals surface area contributed by atoms with Crippen molar-refractivity contribution in [1.29, 1.82) is 0 Å². The first-order valence-electron chi connectivity index (χ1n) is 8.86. The van der Waals surface area contributed by atoms with Crippen molar-refractivity contribution < 1.29 is 14.7 Å². The van der Waals surface area contributed by atoms with E-state index in [-0.39, 0.29) is 17.4 Å². The molecule has 0 aliphatic rings. The zero-order valence-electron chi connectivity index (χ0n) is 15.2. The zero-order valence-corrected chi connectivity index (χ0v) is 15.2. The number of amides is 2. The lowest BCUT2D eigenvalue weighted by atomic mass is 10.1. The lowest BCUT2D eigenvalue weighted by Crippen LogP contribution is -2.23. The second kappa shape index (κ2) is 7.81. The van der Waals surface area contributed by atoms with Gasteiger partial charge >= 0.3 is 0 Å². The van der Waals surface area contributed by atoms with Crippen molar-refractivity contribution in [3.8, 4) is 5.75 Å². The lowest BCUT2D eigenvalue weighted by Gasteiger charge is -2.08. The van der Waals surface area contributed by atoms with Gasteiger partial charge < -0.3 is 20.7 Å². The third-order valence-corrected chi connectivity index (χ3v) is 4.36. The van der Waals surface area contributed by atoms with Gasteiger partial charge in [0.15, 0.2) is 5.69 Å². The Kier molecular flexibility index (Phi) is 4.90. The molecule has 0 unspecified atom stereocenters. The molecule has 4 rings (SSSR count). The molecule has 2 amide bonds. The molecular weight excluding hydrogens is 370 g/mol. The zero-order chi connectivity index (χ0) is 20.2. The van der Waals surface area contributed by atoms with Gasteiger partial charge in [-0.3, -0.25) is 9.59 Å². The highest BCUT2D eigenvalue weighted by molar-refractivity contribution is 6.05. The molecule has 0 saturated carbocycles. The SMILES string of the molecule is O=C(Nc1ccc(CNC(=O)c2cccc3[nH]cnc23)cc1)c1ncccc1O. The minimum absolute atomic E-state index is 0.0450. The molecule has 0 spiro atoms. The van der Waals surface area contributed by atoms with Crippen molar-refractivity contribution in [2.24, 2.45) is 0 Å². The molecule has 29 heavy (non-hydrogen) atoms. The highest BCUT2D eigenvalue weighted by atomic mass is 16.3. The van der Waals surface area contributed by atoms with Gasteiger partial charge in [-0.15, -0.1) is 0 Å². The van der Waals surface area contributed by atoms with Crippen LogP contribution in [-0.2, 0) is 6.54 Å². The van der Waals surface area contributed by atoms with E-state index in [2.05, 4.69) is 25.6 Å². The number of imidazole rings is 1. The number of hydrogen-bond acceptors (Lipinski definition) is 5. The van der Waals surface area contributed by atoms with Crippen LogP contribution in [0.4, 0.5) is 5.69 Å². The summed E-state index contributed by atoms with van der Waals surface area (Å²) in [5.74, 6) is -0.904. The summed E-state index contributed by atoms with van der Waals surface area (Å²) in [6, 6.07) is 15.3. The van der Waals surface area contributed by atoms with E-state index in [0.29, 0.717) is 23.3 Å². The Morgan fingerprint density at radius 1 is 0.966 bits per heavy atom. The topological polar surface area (TPSA) is 120 Å². The largest absolute Gasteiger partial charge is 0.505 e. The molecule has 4 aromatic rings. The third kappa shape index (κ3) is 3.91. The van der Waals surface area contributed by atoms with Gasteiger partial charge in [-0.1, -0.05) is 18.2 Å². The average molecular weight is 387 g/mol. The van der Waals surface area contributed by atoms with Crippen LogP contribution in [0, 0.1) is 0 Å². The average Bonchev–Trinajstić information content (AvgIpc) is 3.22. The number of aromatic nitrogens is 3. The van der Waals surface area contributed by atoms with Crippen LogP contribution >= 0.6 is 0 Å². The summed E-state index contributed by atoms with van der Waals surface area (Å²) in [5, 5.41) is 15.2. The number of carbonyl (C=O) groups excluding carboxylic acids is 2. The Balaban J connectivity index is 1.38. The fraction of sp³-hybridized carbons (Fsp3) is 0.0476. The Hall–Kier alpha value is -4.20. The van der Waals surface area contributed by atoms with Crippen molar-refractivity contribution in [2.75, 3.05) is 5.32 Å². The molecule has 0 atom stereocenters. The number of benzene rings is 2. The monoisotopic (exact) mass is 387 g/mol. The van der Waals surface area contributed by atoms with Crippen LogP contribution < -0.4 is 10.6 Å². The number of H-pyrrole nitrogens is 1. The van der Waals surface area contributed by atoms with Crippen molar-refractivity contribution in [3.05, 3.63) is 83.9 Å². The number of fused-ring (bicyclic) bond motifs is 1. The maximum Gasteiger partial charge on any atom is 0.278 e. The summed E-state index contributed by atoms with van der Waals surface area (Å²) in [5.41, 5.74) is 3.30. The lowest BCUT2D eigenvalue weighted by molar-refractivity contribution is 0.0951. The Morgan fingerprint density at radius 3 is 2.59 bits per heavy atom. The van der Waals surface area contributed by atoms with Gasteiger partial charge in [-0.2, -0.15) is 0 Å². The number of pyridine rings is 1. The second-order valence-electron chi connectivity index (χ2n) is 6.31. The number of para-hydroxylation sites is 1. The molecule has 0 saturated heterocycles. The summed E-state index contributed by atoms with van der Waals surface area (Å²) in [6.07, 6.45) is 2.99. The summed E-state index contributed by atoms with van der Waals surface area (Å²) in [4.78, 5) is 35.7. The number of aromatic hydroxyl groups is 1. The summed E-state index contributed by atoms with van der Waals surface area (Å²) in [6.45, 7) is 0.328. The van der Waals surface area contributed by atoms with E-state index in [1.807, 2.05) is 6.07 Å². The maximum atomic E-state index is 12.5. The smallest absolute Gasteiger partial charge is 0.278 e. The number of carbonyl (C=O) groups is 2. The van der Waals surface area contributed by atoms with Crippen molar-refractivity contribution >= 4 is 28.5 Å². The van der Waals surface area contributed by atoms with Crippen molar-refractivity contribution in [3.63, 3.8) is 0 Å². The molecule has 2 heterocycles. The normalized spacial score (nSPS) is 10.6. The molecule has 4 N–H and O–H groups in total. The van der Waals surface area contributed by atoms with Crippen LogP contribution in [0.25, 0.3) is 11.0 Å². The fourth-order valence-corrected chi connectivity index (χ4v) is 2.89. The van der Waals surface area contributed by atoms with Crippen molar-refractivity contribution in [2.45, 2.75) is 6.54 Å². The van der Waals surface area contributed by atoms with Gasteiger partial charge in [-0.05, 0) is 42.0 Å². The van der Waals surface area contributed by atoms with E-state index in [0.717, 1.165) is 11.1 Å². The highest BCUT2D eigenvalue weighted by Crippen LogP contribution is 2.17. The van der Waals surface area contributed by atoms with Crippen LogP contribution in [0.1, 0.15) is 26.4 Å². The molecule has 8 nitrogen and oxygen atoms in total. The Labute approximate surface area is 165 Å². The van der Waals surface area contributed by atoms with Crippen LogP contribution in [0.5, 0.6) is 5.75 Å². The number of rotatable bonds is 5. The minimum Gasteiger partial charge on any atom is -0.505 e. The van der Waals surface area contributed by atoms with Gasteiger partial charge in [0.25, 0.3) is 11.8 Å². The first kappa shape index (κ1) is 18.2. The molecule has 2 aromatic carbocycles. The predicted molar refractivity (Wildman–Crippen MR) is 108 cm³/mol. The number of nitrogens with one attached hydrogen (secondary N) is 3. The fourth-order valence-electron chi connectivity index (χ4n) is 2.89. The number of nitrogens with zero attached hydrogens (tertiary/aromatic N) is 2. The molecule has 0 aliphatic carbocycles. The molecule has 0 radical (unpaired) electrons. The van der Waals surface area contributed by atoms with Gasteiger partial charge in [-0.25, -0.2) is 9.97 Å². The van der Waals surface area contributed by atoms with E-state index < -0.39 is 5.91 Å². The van der Waals surface area contributed by atoms with Crippen LogP contribution in [0.2, 0.25) is 0 Å². The van der Waals surface area contributed by atoms with Gasteiger partial charge in [0, 0.05) is 18.4 Å². The molecule has 8 heteroatoms.